The Labute approximate surface area is 285 Å². The Bertz CT molecular complexity index is 1370. The topological polar surface area (TPSA) is 44.8 Å². The quantitative estimate of drug-likeness (QED) is 0.146. The maximum Gasteiger partial charge on any atom is 0.303 e. The second-order valence-corrected chi connectivity index (χ2v) is 17.0. The molecule has 0 radical (unpaired) electrons. The van der Waals surface area contributed by atoms with Crippen LogP contribution >= 0.6 is 0 Å². The third-order valence-electron chi connectivity index (χ3n) is 14.6. The van der Waals surface area contributed by atoms with Gasteiger partial charge in [-0.15, -0.1) is 0 Å². The summed E-state index contributed by atoms with van der Waals surface area (Å²) >= 11 is 0. The molecule has 260 valence electrons. The standard InChI is InChI=1S/C41H64N2O4/c1-9-42(6,10-2)23-24-46-37-16-13-30(26-38(37)45-8)25-31-27-36-34-15-14-32-28-33(43(7)21-11-12-22-43)17-19-40(32,4)35(34)18-20-41(36,5)39(31)47-29(3)44/h13-14,16,25-26,33-36,39H,9-12,15,17-24,27-28H2,1-8H3/q+2/b31-25+/t33-,34+,35-,36-,39-,40-,41-/m0/s1. The highest BCUT2D eigenvalue weighted by Crippen LogP contribution is 2.66. The van der Waals surface area contributed by atoms with Crippen LogP contribution in [0.3, 0.4) is 0 Å². The van der Waals surface area contributed by atoms with Crippen molar-refractivity contribution in [3.05, 3.63) is 41.0 Å². The number of benzene rings is 1. The van der Waals surface area contributed by atoms with E-state index in [1.807, 2.05) is 6.07 Å². The van der Waals surface area contributed by atoms with Gasteiger partial charge in [-0.2, -0.15) is 0 Å². The summed E-state index contributed by atoms with van der Waals surface area (Å²) < 4.78 is 20.6. The average Bonchev–Trinajstić information content (AvgIpc) is 3.62. The Balaban J connectivity index is 1.23. The van der Waals surface area contributed by atoms with E-state index in [0.717, 1.165) is 66.0 Å². The third kappa shape index (κ3) is 6.31. The van der Waals surface area contributed by atoms with Crippen LogP contribution in [0.5, 0.6) is 11.5 Å². The molecule has 0 N–H and O–H groups in total. The molecule has 0 spiro atoms. The van der Waals surface area contributed by atoms with E-state index in [9.17, 15) is 4.79 Å². The SMILES string of the molecule is CC[N+](C)(CC)CCOc1ccc(/C=C2\C[C@H]3[C@@H]4CC=C5C[C@@H]([N+]6(C)CCCC6)CC[C@]5(C)[C@H]4CC[C@]3(C)[C@H]2OC(C)=O)cc1OC. The number of esters is 1. The first kappa shape index (κ1) is 34.5. The lowest BCUT2D eigenvalue weighted by Gasteiger charge is -2.58. The van der Waals surface area contributed by atoms with Gasteiger partial charge in [0.15, 0.2) is 11.5 Å². The molecule has 7 atom stereocenters. The highest BCUT2D eigenvalue weighted by atomic mass is 16.5. The lowest BCUT2D eigenvalue weighted by Crippen LogP contribution is -2.56. The second-order valence-electron chi connectivity index (χ2n) is 17.0. The Morgan fingerprint density at radius 1 is 1.04 bits per heavy atom. The van der Waals surface area contributed by atoms with Gasteiger partial charge in [-0.3, -0.25) is 4.79 Å². The second kappa shape index (κ2) is 13.2. The zero-order valence-corrected chi connectivity index (χ0v) is 30.9. The molecule has 6 rings (SSSR count). The third-order valence-corrected chi connectivity index (χ3v) is 14.6. The summed E-state index contributed by atoms with van der Waals surface area (Å²) in [5, 5.41) is 0. The molecule has 1 heterocycles. The molecule has 0 bridgehead atoms. The lowest BCUT2D eigenvalue weighted by molar-refractivity contribution is -0.923. The molecule has 1 aromatic carbocycles. The predicted molar refractivity (Wildman–Crippen MR) is 190 cm³/mol. The Kier molecular flexibility index (Phi) is 9.70. The molecule has 1 aromatic rings. The van der Waals surface area contributed by atoms with E-state index in [4.69, 9.17) is 14.2 Å². The van der Waals surface area contributed by atoms with E-state index >= 15 is 0 Å². The van der Waals surface area contributed by atoms with Crippen LogP contribution < -0.4 is 9.47 Å². The van der Waals surface area contributed by atoms with Crippen molar-refractivity contribution in [3.8, 4) is 11.5 Å². The van der Waals surface area contributed by atoms with Crippen molar-refractivity contribution in [2.45, 2.75) is 105 Å². The molecule has 4 aliphatic carbocycles. The number of rotatable bonds is 10. The lowest BCUT2D eigenvalue weighted by atomic mass is 9.47. The van der Waals surface area contributed by atoms with Gasteiger partial charge in [0.25, 0.3) is 0 Å². The van der Waals surface area contributed by atoms with E-state index in [0.29, 0.717) is 23.9 Å². The molecule has 0 unspecified atom stereocenters. The van der Waals surface area contributed by atoms with E-state index < -0.39 is 0 Å². The van der Waals surface area contributed by atoms with Crippen molar-refractivity contribution in [3.63, 3.8) is 0 Å². The van der Waals surface area contributed by atoms with Crippen LogP contribution in [0.4, 0.5) is 0 Å². The zero-order valence-electron chi connectivity index (χ0n) is 30.9. The Morgan fingerprint density at radius 2 is 1.79 bits per heavy atom. The summed E-state index contributed by atoms with van der Waals surface area (Å²) in [6.07, 6.45) is 16.1. The van der Waals surface area contributed by atoms with Gasteiger partial charge in [0, 0.05) is 38.0 Å². The molecule has 47 heavy (non-hydrogen) atoms. The first-order chi connectivity index (χ1) is 22.4. The summed E-state index contributed by atoms with van der Waals surface area (Å²) in [4.78, 5) is 12.6. The highest BCUT2D eigenvalue weighted by Gasteiger charge is 2.61. The molecule has 3 saturated carbocycles. The van der Waals surface area contributed by atoms with Crippen LogP contribution in [-0.4, -0.2) is 87.6 Å². The molecule has 4 fully saturated rings. The summed E-state index contributed by atoms with van der Waals surface area (Å²) in [5.74, 6) is 3.24. The molecule has 0 amide bonds. The van der Waals surface area contributed by atoms with Crippen LogP contribution in [0, 0.1) is 28.6 Å². The number of nitrogens with zero attached hydrogens (tertiary/aromatic N) is 2. The fraction of sp³-hybridized carbons (Fsp3) is 0.732. The van der Waals surface area contributed by atoms with Gasteiger partial charge in [-0.05, 0) is 92.4 Å². The first-order valence-electron chi connectivity index (χ1n) is 18.9. The van der Waals surface area contributed by atoms with E-state index in [-0.39, 0.29) is 17.5 Å². The van der Waals surface area contributed by atoms with E-state index in [1.54, 1.807) is 19.6 Å². The molecule has 1 aliphatic heterocycles. The largest absolute Gasteiger partial charge is 0.493 e. The zero-order chi connectivity index (χ0) is 33.6. The fourth-order valence-corrected chi connectivity index (χ4v) is 11.0. The number of likely N-dealkylation sites (N-methyl/N-ethyl adjacent to an activating group) is 1. The number of ether oxygens (including phenoxy) is 3. The molecule has 6 nitrogen and oxygen atoms in total. The smallest absolute Gasteiger partial charge is 0.303 e. The van der Waals surface area contributed by atoms with Crippen LogP contribution in [0.25, 0.3) is 6.08 Å². The summed E-state index contributed by atoms with van der Waals surface area (Å²) in [7, 11) is 6.53. The number of allylic oxidation sites excluding steroid dienone is 1. The number of carbonyl (C=O) groups is 1. The van der Waals surface area contributed by atoms with E-state index in [2.05, 4.69) is 66.1 Å². The van der Waals surface area contributed by atoms with Crippen LogP contribution in [0.1, 0.15) is 98.0 Å². The maximum absolute atomic E-state index is 12.6. The minimum Gasteiger partial charge on any atom is -0.493 e. The highest BCUT2D eigenvalue weighted by molar-refractivity contribution is 5.68. The minimum atomic E-state index is -0.181. The van der Waals surface area contributed by atoms with Crippen molar-refractivity contribution in [2.75, 3.05) is 60.5 Å². The summed E-state index contributed by atoms with van der Waals surface area (Å²) in [6, 6.07) is 7.07. The molecular formula is C41H64N2O4+2. The van der Waals surface area contributed by atoms with Crippen LogP contribution in [0.2, 0.25) is 0 Å². The summed E-state index contributed by atoms with van der Waals surface area (Å²) in [5.41, 5.74) is 4.40. The Morgan fingerprint density at radius 3 is 2.47 bits per heavy atom. The average molecular weight is 649 g/mol. The van der Waals surface area contributed by atoms with Crippen molar-refractivity contribution < 1.29 is 28.0 Å². The maximum atomic E-state index is 12.6. The normalized spacial score (nSPS) is 35.4. The van der Waals surface area contributed by atoms with Gasteiger partial charge in [0.1, 0.15) is 19.3 Å². The number of likely N-dealkylation sites (tertiary alicyclic amines) is 1. The predicted octanol–water partition coefficient (Wildman–Crippen LogP) is 8.06. The number of hydrogen-bond donors (Lipinski definition) is 0. The molecular weight excluding hydrogens is 584 g/mol. The number of carbonyl (C=O) groups excluding carboxylic acids is 1. The van der Waals surface area contributed by atoms with Crippen molar-refractivity contribution >= 4 is 12.0 Å². The number of quaternary nitrogens is 2. The molecule has 5 aliphatic rings. The van der Waals surface area contributed by atoms with E-state index in [1.165, 1.54) is 68.1 Å². The minimum absolute atomic E-state index is 0.0393. The van der Waals surface area contributed by atoms with Gasteiger partial charge in [-0.1, -0.05) is 37.6 Å². The van der Waals surface area contributed by atoms with Crippen molar-refractivity contribution in [2.24, 2.45) is 28.6 Å². The Hall–Kier alpha value is -2.31. The number of fused-ring (bicyclic) bond motifs is 5. The van der Waals surface area contributed by atoms with Gasteiger partial charge >= 0.3 is 5.97 Å². The van der Waals surface area contributed by atoms with Crippen molar-refractivity contribution in [1.82, 2.24) is 0 Å². The summed E-state index contributed by atoms with van der Waals surface area (Å²) in [6.45, 7) is 17.6. The van der Waals surface area contributed by atoms with Gasteiger partial charge in [-0.25, -0.2) is 0 Å². The number of hydrogen-bond acceptors (Lipinski definition) is 4. The monoisotopic (exact) mass is 648 g/mol. The van der Waals surface area contributed by atoms with Gasteiger partial charge in [0.2, 0.25) is 0 Å². The fourth-order valence-electron chi connectivity index (χ4n) is 11.0. The van der Waals surface area contributed by atoms with Crippen molar-refractivity contribution in [1.29, 1.82) is 0 Å². The van der Waals surface area contributed by atoms with Crippen LogP contribution in [0.15, 0.2) is 35.4 Å². The molecule has 0 aromatic heterocycles. The van der Waals surface area contributed by atoms with Gasteiger partial charge < -0.3 is 23.2 Å². The first-order valence-corrected chi connectivity index (χ1v) is 18.9. The number of methoxy groups -OCH3 is 1. The molecule has 1 saturated heterocycles. The van der Waals surface area contributed by atoms with Crippen LogP contribution in [-0.2, 0) is 9.53 Å². The molecule has 6 heteroatoms. The van der Waals surface area contributed by atoms with Gasteiger partial charge in [0.05, 0.1) is 53.4 Å².